The van der Waals surface area contributed by atoms with Crippen LogP contribution in [0.15, 0.2) is 18.2 Å². The van der Waals surface area contributed by atoms with E-state index in [1.807, 2.05) is 0 Å². The number of nitrogens with two attached hydrogens (primary N) is 1. The molecule has 0 fully saturated rings. The standard InChI is InChI=1S/C9H9F2NO2/c10-3-4-14-9(13)7-2-1-6(11)5-8(7)12/h1-2,5H,3-4,12H2. The molecule has 0 amide bonds. The quantitative estimate of drug-likeness (QED) is 0.596. The third-order valence-corrected chi connectivity index (χ3v) is 1.54. The zero-order valence-electron chi connectivity index (χ0n) is 7.30. The van der Waals surface area contributed by atoms with Gasteiger partial charge in [-0.1, -0.05) is 0 Å². The number of rotatable bonds is 3. The summed E-state index contributed by atoms with van der Waals surface area (Å²) in [5.74, 6) is -1.29. The van der Waals surface area contributed by atoms with E-state index < -0.39 is 18.5 Å². The maximum atomic E-state index is 12.6. The van der Waals surface area contributed by atoms with E-state index in [0.717, 1.165) is 12.1 Å². The van der Waals surface area contributed by atoms with Gasteiger partial charge in [0.2, 0.25) is 0 Å². The summed E-state index contributed by atoms with van der Waals surface area (Å²) >= 11 is 0. The average molecular weight is 201 g/mol. The fraction of sp³-hybridized carbons (Fsp3) is 0.222. The number of nitrogen functional groups attached to an aromatic ring is 1. The molecule has 14 heavy (non-hydrogen) atoms. The second-order valence-corrected chi connectivity index (χ2v) is 2.56. The smallest absolute Gasteiger partial charge is 0.340 e. The van der Waals surface area contributed by atoms with Crippen molar-refractivity contribution in [3.8, 4) is 0 Å². The Morgan fingerprint density at radius 3 is 2.79 bits per heavy atom. The molecular formula is C9H9F2NO2. The van der Waals surface area contributed by atoms with Gasteiger partial charge in [-0.15, -0.1) is 0 Å². The molecule has 0 aliphatic carbocycles. The first kappa shape index (κ1) is 10.4. The number of halogens is 2. The van der Waals surface area contributed by atoms with Crippen molar-refractivity contribution in [2.45, 2.75) is 0 Å². The van der Waals surface area contributed by atoms with E-state index in [2.05, 4.69) is 4.74 Å². The molecule has 0 atom stereocenters. The van der Waals surface area contributed by atoms with Gasteiger partial charge in [0.05, 0.1) is 5.56 Å². The number of esters is 1. The Hall–Kier alpha value is -1.65. The second kappa shape index (κ2) is 4.55. The highest BCUT2D eigenvalue weighted by atomic mass is 19.1. The van der Waals surface area contributed by atoms with Gasteiger partial charge in [0, 0.05) is 5.69 Å². The highest BCUT2D eigenvalue weighted by Crippen LogP contribution is 2.14. The molecule has 0 saturated carbocycles. The minimum atomic E-state index is -0.757. The number of hydrogen-bond donors (Lipinski definition) is 1. The molecule has 0 heterocycles. The molecule has 1 rings (SSSR count). The van der Waals surface area contributed by atoms with Crippen LogP contribution in [0.1, 0.15) is 10.4 Å². The molecule has 5 heteroatoms. The first-order valence-corrected chi connectivity index (χ1v) is 3.93. The normalized spacial score (nSPS) is 9.86. The zero-order valence-corrected chi connectivity index (χ0v) is 7.30. The molecule has 0 aliphatic rings. The van der Waals surface area contributed by atoms with Crippen molar-refractivity contribution < 1.29 is 18.3 Å². The van der Waals surface area contributed by atoms with Gasteiger partial charge in [0.15, 0.2) is 0 Å². The predicted molar refractivity (Wildman–Crippen MR) is 47.1 cm³/mol. The van der Waals surface area contributed by atoms with Gasteiger partial charge in [-0.05, 0) is 18.2 Å². The minimum absolute atomic E-state index is 0.0196. The lowest BCUT2D eigenvalue weighted by Gasteiger charge is -2.04. The molecule has 0 bridgehead atoms. The van der Waals surface area contributed by atoms with Crippen molar-refractivity contribution in [1.29, 1.82) is 0 Å². The molecular weight excluding hydrogens is 192 g/mol. The first-order chi connectivity index (χ1) is 6.65. The van der Waals surface area contributed by atoms with Crippen molar-refractivity contribution in [3.05, 3.63) is 29.6 Å². The van der Waals surface area contributed by atoms with Crippen molar-refractivity contribution in [3.63, 3.8) is 0 Å². The molecule has 0 aliphatic heterocycles. The minimum Gasteiger partial charge on any atom is -0.459 e. The number of hydrogen-bond acceptors (Lipinski definition) is 3. The van der Waals surface area contributed by atoms with Crippen LogP contribution in [0, 0.1) is 5.82 Å². The summed E-state index contributed by atoms with van der Waals surface area (Å²) in [4.78, 5) is 11.1. The van der Waals surface area contributed by atoms with E-state index in [-0.39, 0.29) is 17.9 Å². The SMILES string of the molecule is Nc1cc(F)ccc1C(=O)OCCF. The fourth-order valence-corrected chi connectivity index (χ4v) is 0.929. The van der Waals surface area contributed by atoms with E-state index >= 15 is 0 Å². The Morgan fingerprint density at radius 1 is 1.50 bits per heavy atom. The molecule has 2 N–H and O–H groups in total. The van der Waals surface area contributed by atoms with Gasteiger partial charge >= 0.3 is 5.97 Å². The van der Waals surface area contributed by atoms with Gasteiger partial charge in [0.1, 0.15) is 19.1 Å². The highest BCUT2D eigenvalue weighted by Gasteiger charge is 2.11. The van der Waals surface area contributed by atoms with Crippen LogP contribution < -0.4 is 5.73 Å². The summed E-state index contributed by atoms with van der Waals surface area (Å²) in [7, 11) is 0. The molecule has 1 aromatic rings. The monoisotopic (exact) mass is 201 g/mol. The predicted octanol–water partition coefficient (Wildman–Crippen LogP) is 1.53. The van der Waals surface area contributed by atoms with Crippen LogP contribution in [-0.4, -0.2) is 19.3 Å². The van der Waals surface area contributed by atoms with Crippen molar-refractivity contribution >= 4 is 11.7 Å². The van der Waals surface area contributed by atoms with Crippen LogP contribution >= 0.6 is 0 Å². The average Bonchev–Trinajstić information content (AvgIpc) is 2.14. The third-order valence-electron chi connectivity index (χ3n) is 1.54. The second-order valence-electron chi connectivity index (χ2n) is 2.56. The molecule has 0 aromatic heterocycles. The largest absolute Gasteiger partial charge is 0.459 e. The summed E-state index contributed by atoms with van der Waals surface area (Å²) in [6.07, 6.45) is 0. The molecule has 1 aromatic carbocycles. The number of benzene rings is 1. The number of alkyl halides is 1. The zero-order chi connectivity index (χ0) is 10.6. The van der Waals surface area contributed by atoms with Gasteiger partial charge in [-0.25, -0.2) is 13.6 Å². The topological polar surface area (TPSA) is 52.3 Å². The molecule has 0 radical (unpaired) electrons. The number of carbonyl (C=O) groups excluding carboxylic acids is 1. The van der Waals surface area contributed by atoms with Gasteiger partial charge < -0.3 is 10.5 Å². The summed E-state index contributed by atoms with van der Waals surface area (Å²) < 4.78 is 28.7. The molecule has 76 valence electrons. The molecule has 3 nitrogen and oxygen atoms in total. The van der Waals surface area contributed by atoms with E-state index in [0.29, 0.717) is 0 Å². The van der Waals surface area contributed by atoms with Crippen molar-refractivity contribution in [1.82, 2.24) is 0 Å². The molecule has 0 unspecified atom stereocenters. The van der Waals surface area contributed by atoms with Crippen LogP contribution in [0.2, 0.25) is 0 Å². The highest BCUT2D eigenvalue weighted by molar-refractivity contribution is 5.94. The summed E-state index contributed by atoms with van der Waals surface area (Å²) in [5.41, 5.74) is 5.38. The number of ether oxygens (including phenoxy) is 1. The molecule has 0 spiro atoms. The Balaban J connectivity index is 2.80. The lowest BCUT2D eigenvalue weighted by molar-refractivity contribution is 0.0482. The first-order valence-electron chi connectivity index (χ1n) is 3.93. The van der Waals surface area contributed by atoms with Gasteiger partial charge in [0.25, 0.3) is 0 Å². The fourth-order valence-electron chi connectivity index (χ4n) is 0.929. The van der Waals surface area contributed by atoms with E-state index in [4.69, 9.17) is 5.73 Å². The number of carbonyl (C=O) groups is 1. The summed E-state index contributed by atoms with van der Waals surface area (Å²) in [5, 5.41) is 0. The van der Waals surface area contributed by atoms with E-state index in [9.17, 15) is 13.6 Å². The Labute approximate surface area is 79.5 Å². The molecule has 0 saturated heterocycles. The van der Waals surface area contributed by atoms with Crippen molar-refractivity contribution in [2.24, 2.45) is 0 Å². The Bertz CT molecular complexity index is 342. The van der Waals surface area contributed by atoms with Crippen LogP contribution in [0.4, 0.5) is 14.5 Å². The third kappa shape index (κ3) is 2.42. The van der Waals surface area contributed by atoms with E-state index in [1.54, 1.807) is 0 Å². The Kier molecular flexibility index (Phi) is 3.39. The maximum Gasteiger partial charge on any atom is 0.340 e. The maximum absolute atomic E-state index is 12.6. The summed E-state index contributed by atoms with van der Waals surface area (Å²) in [6.45, 7) is -1.08. The lowest BCUT2D eigenvalue weighted by atomic mass is 10.2. The van der Waals surface area contributed by atoms with Crippen molar-refractivity contribution in [2.75, 3.05) is 19.0 Å². The lowest BCUT2D eigenvalue weighted by Crippen LogP contribution is -2.10. The van der Waals surface area contributed by atoms with Crippen LogP contribution in [0.3, 0.4) is 0 Å². The van der Waals surface area contributed by atoms with Gasteiger partial charge in [-0.3, -0.25) is 0 Å². The Morgan fingerprint density at radius 2 is 2.21 bits per heavy atom. The number of anilines is 1. The van der Waals surface area contributed by atoms with Crippen LogP contribution in [0.25, 0.3) is 0 Å². The van der Waals surface area contributed by atoms with Crippen LogP contribution in [0.5, 0.6) is 0 Å². The van der Waals surface area contributed by atoms with E-state index in [1.165, 1.54) is 6.07 Å². The van der Waals surface area contributed by atoms with Crippen LogP contribution in [-0.2, 0) is 4.74 Å². The van der Waals surface area contributed by atoms with Gasteiger partial charge in [-0.2, -0.15) is 0 Å². The summed E-state index contributed by atoms with van der Waals surface area (Å²) in [6, 6.07) is 3.29.